The van der Waals surface area contributed by atoms with Crippen molar-refractivity contribution >= 4 is 5.91 Å². The first-order valence-electron chi connectivity index (χ1n) is 7.39. The highest BCUT2D eigenvalue weighted by Gasteiger charge is 2.10. The number of benzene rings is 2. The Morgan fingerprint density at radius 1 is 1.14 bits per heavy atom. The van der Waals surface area contributed by atoms with Crippen molar-refractivity contribution in [2.24, 2.45) is 5.73 Å². The van der Waals surface area contributed by atoms with Crippen LogP contribution in [0.1, 0.15) is 23.6 Å². The molecule has 0 aliphatic rings. The van der Waals surface area contributed by atoms with Gasteiger partial charge < -0.3 is 15.8 Å². The van der Waals surface area contributed by atoms with Crippen LogP contribution in [0.15, 0.2) is 54.6 Å². The number of methoxy groups -OCH3 is 1. The van der Waals surface area contributed by atoms with E-state index in [1.54, 1.807) is 7.11 Å². The molecule has 0 spiro atoms. The zero-order valence-corrected chi connectivity index (χ0v) is 12.8. The quantitative estimate of drug-likeness (QED) is 0.825. The van der Waals surface area contributed by atoms with Crippen molar-refractivity contribution in [2.45, 2.75) is 18.9 Å². The van der Waals surface area contributed by atoms with E-state index in [9.17, 15) is 4.79 Å². The van der Waals surface area contributed by atoms with Gasteiger partial charge in [-0.2, -0.15) is 0 Å². The van der Waals surface area contributed by atoms with Gasteiger partial charge in [0, 0.05) is 19.0 Å². The van der Waals surface area contributed by atoms with Gasteiger partial charge in [-0.25, -0.2) is 0 Å². The highest BCUT2D eigenvalue weighted by molar-refractivity contribution is 5.76. The lowest BCUT2D eigenvalue weighted by Gasteiger charge is -2.12. The van der Waals surface area contributed by atoms with Crippen LogP contribution in [0.3, 0.4) is 0 Å². The number of amides is 1. The Bertz CT molecular complexity index is 582. The second kappa shape index (κ2) is 8.20. The van der Waals surface area contributed by atoms with Gasteiger partial charge in [-0.15, -0.1) is 0 Å². The Morgan fingerprint density at radius 2 is 1.82 bits per heavy atom. The summed E-state index contributed by atoms with van der Waals surface area (Å²) >= 11 is 0. The molecule has 116 valence electrons. The van der Waals surface area contributed by atoms with Crippen molar-refractivity contribution in [1.29, 1.82) is 0 Å². The van der Waals surface area contributed by atoms with E-state index in [0.717, 1.165) is 23.3 Å². The first-order valence-corrected chi connectivity index (χ1v) is 7.39. The first-order chi connectivity index (χ1) is 10.7. The first kappa shape index (κ1) is 16.0. The van der Waals surface area contributed by atoms with Gasteiger partial charge in [0.05, 0.1) is 7.11 Å². The van der Waals surface area contributed by atoms with E-state index in [4.69, 9.17) is 10.5 Å². The third-order valence-electron chi connectivity index (χ3n) is 3.53. The lowest BCUT2D eigenvalue weighted by molar-refractivity contribution is -0.121. The van der Waals surface area contributed by atoms with E-state index in [-0.39, 0.29) is 11.9 Å². The minimum atomic E-state index is -0.262. The van der Waals surface area contributed by atoms with Gasteiger partial charge in [0.2, 0.25) is 5.91 Å². The normalized spacial score (nSPS) is 11.7. The predicted octanol–water partition coefficient (Wildman–Crippen LogP) is 2.44. The third-order valence-corrected chi connectivity index (χ3v) is 3.53. The standard InChI is InChI=1S/C18H22N2O2/c1-22-16-9-7-14(8-10-16)11-12-20-18(21)13-17(19)15-5-3-2-4-6-15/h2-10,17H,11-13,19H2,1H3,(H,20,21). The number of rotatable bonds is 7. The van der Waals surface area contributed by atoms with E-state index in [1.807, 2.05) is 54.6 Å². The summed E-state index contributed by atoms with van der Waals surface area (Å²) in [6.07, 6.45) is 1.09. The van der Waals surface area contributed by atoms with E-state index in [2.05, 4.69) is 5.32 Å². The number of carbonyl (C=O) groups is 1. The van der Waals surface area contributed by atoms with Crippen molar-refractivity contribution in [2.75, 3.05) is 13.7 Å². The molecule has 0 aliphatic carbocycles. The zero-order chi connectivity index (χ0) is 15.8. The largest absolute Gasteiger partial charge is 0.497 e. The van der Waals surface area contributed by atoms with Crippen LogP contribution in [0.4, 0.5) is 0 Å². The topological polar surface area (TPSA) is 64.3 Å². The molecule has 3 N–H and O–H groups in total. The Morgan fingerprint density at radius 3 is 2.45 bits per heavy atom. The molecule has 1 atom stereocenters. The van der Waals surface area contributed by atoms with Crippen LogP contribution in [0.25, 0.3) is 0 Å². The van der Waals surface area contributed by atoms with Crippen LogP contribution in [-0.4, -0.2) is 19.6 Å². The average Bonchev–Trinajstić information content (AvgIpc) is 2.56. The molecule has 1 unspecified atom stereocenters. The minimum absolute atomic E-state index is 0.0233. The molecule has 2 aromatic carbocycles. The minimum Gasteiger partial charge on any atom is -0.497 e. The van der Waals surface area contributed by atoms with Gasteiger partial charge in [0.25, 0.3) is 0 Å². The van der Waals surface area contributed by atoms with Gasteiger partial charge in [-0.3, -0.25) is 4.79 Å². The van der Waals surface area contributed by atoms with Gasteiger partial charge in [0.1, 0.15) is 5.75 Å². The van der Waals surface area contributed by atoms with Crippen molar-refractivity contribution in [3.63, 3.8) is 0 Å². The summed E-state index contributed by atoms with van der Waals surface area (Å²) in [5.41, 5.74) is 8.18. The van der Waals surface area contributed by atoms with Crippen molar-refractivity contribution in [3.05, 3.63) is 65.7 Å². The van der Waals surface area contributed by atoms with Crippen LogP contribution in [0.5, 0.6) is 5.75 Å². The maximum Gasteiger partial charge on any atom is 0.221 e. The van der Waals surface area contributed by atoms with E-state index >= 15 is 0 Å². The average molecular weight is 298 g/mol. The highest BCUT2D eigenvalue weighted by atomic mass is 16.5. The molecule has 4 heteroatoms. The Balaban J connectivity index is 1.73. The van der Waals surface area contributed by atoms with E-state index < -0.39 is 0 Å². The number of hydrogen-bond donors (Lipinski definition) is 2. The van der Waals surface area contributed by atoms with Crippen molar-refractivity contribution in [1.82, 2.24) is 5.32 Å². The lowest BCUT2D eigenvalue weighted by atomic mass is 10.0. The molecule has 0 saturated carbocycles. The van der Waals surface area contributed by atoms with Crippen molar-refractivity contribution < 1.29 is 9.53 Å². The van der Waals surface area contributed by atoms with Gasteiger partial charge >= 0.3 is 0 Å². The monoisotopic (exact) mass is 298 g/mol. The molecule has 0 aliphatic heterocycles. The number of hydrogen-bond acceptors (Lipinski definition) is 3. The molecule has 0 aromatic heterocycles. The molecule has 22 heavy (non-hydrogen) atoms. The maximum absolute atomic E-state index is 11.9. The number of nitrogens with one attached hydrogen (secondary N) is 1. The molecule has 2 aromatic rings. The van der Waals surface area contributed by atoms with Gasteiger partial charge in [-0.1, -0.05) is 42.5 Å². The molecule has 0 saturated heterocycles. The highest BCUT2D eigenvalue weighted by Crippen LogP contribution is 2.13. The Hall–Kier alpha value is -2.33. The van der Waals surface area contributed by atoms with Crippen LogP contribution in [0.2, 0.25) is 0 Å². The number of carbonyl (C=O) groups excluding carboxylic acids is 1. The fourth-order valence-electron chi connectivity index (χ4n) is 2.23. The van der Waals surface area contributed by atoms with Crippen LogP contribution in [0, 0.1) is 0 Å². The van der Waals surface area contributed by atoms with Gasteiger partial charge in [-0.05, 0) is 29.7 Å². The summed E-state index contributed by atoms with van der Waals surface area (Å²) in [5, 5.41) is 2.91. The lowest BCUT2D eigenvalue weighted by Crippen LogP contribution is -2.29. The molecule has 0 heterocycles. The van der Waals surface area contributed by atoms with E-state index in [1.165, 1.54) is 0 Å². The fraction of sp³-hybridized carbons (Fsp3) is 0.278. The van der Waals surface area contributed by atoms with E-state index in [0.29, 0.717) is 13.0 Å². The summed E-state index contributed by atoms with van der Waals surface area (Å²) in [5.74, 6) is 0.812. The molecule has 0 fully saturated rings. The Kier molecular flexibility index (Phi) is 5.98. The zero-order valence-electron chi connectivity index (χ0n) is 12.8. The molecule has 1 amide bonds. The molecule has 4 nitrogen and oxygen atoms in total. The summed E-state index contributed by atoms with van der Waals surface area (Å²) in [6, 6.07) is 17.2. The summed E-state index contributed by atoms with van der Waals surface area (Å²) in [7, 11) is 1.64. The Labute approximate surface area is 131 Å². The van der Waals surface area contributed by atoms with Crippen molar-refractivity contribution in [3.8, 4) is 5.75 Å². The maximum atomic E-state index is 11.9. The second-order valence-corrected chi connectivity index (χ2v) is 5.17. The molecular weight excluding hydrogens is 276 g/mol. The van der Waals surface area contributed by atoms with Crippen LogP contribution >= 0.6 is 0 Å². The summed E-state index contributed by atoms with van der Waals surface area (Å²) < 4.78 is 5.11. The predicted molar refractivity (Wildman–Crippen MR) is 87.7 cm³/mol. The second-order valence-electron chi connectivity index (χ2n) is 5.17. The van der Waals surface area contributed by atoms with Crippen LogP contribution in [-0.2, 0) is 11.2 Å². The molecular formula is C18H22N2O2. The number of nitrogens with two attached hydrogens (primary N) is 1. The molecule has 0 radical (unpaired) electrons. The summed E-state index contributed by atoms with van der Waals surface area (Å²) in [6.45, 7) is 0.604. The molecule has 2 rings (SSSR count). The third kappa shape index (κ3) is 4.90. The molecule has 0 bridgehead atoms. The number of ether oxygens (including phenoxy) is 1. The smallest absolute Gasteiger partial charge is 0.221 e. The van der Waals surface area contributed by atoms with Crippen LogP contribution < -0.4 is 15.8 Å². The fourth-order valence-corrected chi connectivity index (χ4v) is 2.23. The summed E-state index contributed by atoms with van der Waals surface area (Å²) in [4.78, 5) is 11.9. The SMILES string of the molecule is COc1ccc(CCNC(=O)CC(N)c2ccccc2)cc1. The van der Waals surface area contributed by atoms with Gasteiger partial charge in [0.15, 0.2) is 0 Å².